The van der Waals surface area contributed by atoms with Crippen LogP contribution < -0.4 is 10.2 Å². The summed E-state index contributed by atoms with van der Waals surface area (Å²) in [6.07, 6.45) is 2.33. The molecule has 4 rings (SSSR count). The third-order valence-corrected chi connectivity index (χ3v) is 5.71. The van der Waals surface area contributed by atoms with E-state index in [1.807, 2.05) is 50.2 Å². The van der Waals surface area contributed by atoms with Crippen molar-refractivity contribution in [1.82, 2.24) is 4.90 Å². The van der Waals surface area contributed by atoms with E-state index in [2.05, 4.69) is 6.58 Å². The highest BCUT2D eigenvalue weighted by atomic mass is 16.5. The molecule has 0 fully saturated rings. The summed E-state index contributed by atoms with van der Waals surface area (Å²) in [5.41, 5.74) is 3.35. The number of hydrogen-bond donors (Lipinski definition) is 0. The molecule has 1 aromatic heterocycles. The fraction of sp³-hybridized carbons (Fsp3) is 0.308. The van der Waals surface area contributed by atoms with E-state index in [9.17, 15) is 9.59 Å². The quantitative estimate of drug-likeness (QED) is 0.385. The number of aryl methyl sites for hydroxylation is 2. The van der Waals surface area contributed by atoms with Crippen LogP contribution >= 0.6 is 0 Å². The summed E-state index contributed by atoms with van der Waals surface area (Å²) in [5.74, 6) is 0.553. The standard InChI is InChI=1S/C26H27NO5/c1-5-12-31-19-9-7-18(8-10-19)22-21-23(28)20-15-16(2)14-17(3)24(20)32-25(21)26(29)27(22)11-6-13-30-4/h5,7-10,14-15,22H,1,6,11-13H2,2-4H3. The van der Waals surface area contributed by atoms with Gasteiger partial charge in [0.25, 0.3) is 5.91 Å². The largest absolute Gasteiger partial charge is 0.490 e. The Kier molecular flexibility index (Phi) is 6.15. The van der Waals surface area contributed by atoms with Gasteiger partial charge in [-0.25, -0.2) is 0 Å². The normalized spacial score (nSPS) is 15.3. The molecule has 3 aromatic rings. The van der Waals surface area contributed by atoms with E-state index in [1.54, 1.807) is 18.1 Å². The van der Waals surface area contributed by atoms with Gasteiger partial charge in [0.05, 0.1) is 17.0 Å². The summed E-state index contributed by atoms with van der Waals surface area (Å²) in [6, 6.07) is 10.7. The second-order valence-electron chi connectivity index (χ2n) is 8.05. The van der Waals surface area contributed by atoms with Crippen molar-refractivity contribution >= 4 is 16.9 Å². The molecule has 0 aliphatic carbocycles. The van der Waals surface area contributed by atoms with Crippen LogP contribution in [0.15, 0.2) is 58.3 Å². The van der Waals surface area contributed by atoms with E-state index in [1.165, 1.54) is 0 Å². The molecule has 0 saturated carbocycles. The van der Waals surface area contributed by atoms with Crippen LogP contribution in [-0.2, 0) is 4.74 Å². The molecule has 0 N–H and O–H groups in total. The van der Waals surface area contributed by atoms with Crippen molar-refractivity contribution < 1.29 is 18.7 Å². The maximum Gasteiger partial charge on any atom is 0.290 e. The minimum Gasteiger partial charge on any atom is -0.490 e. The number of fused-ring (bicyclic) bond motifs is 2. The molecule has 1 aliphatic rings. The van der Waals surface area contributed by atoms with Crippen molar-refractivity contribution in [2.75, 3.05) is 26.9 Å². The average molecular weight is 434 g/mol. The summed E-state index contributed by atoms with van der Waals surface area (Å²) in [4.78, 5) is 28.7. The van der Waals surface area contributed by atoms with Gasteiger partial charge < -0.3 is 18.8 Å². The van der Waals surface area contributed by atoms with Crippen LogP contribution in [0.5, 0.6) is 5.75 Å². The Morgan fingerprint density at radius 3 is 2.59 bits per heavy atom. The van der Waals surface area contributed by atoms with Crippen LogP contribution in [-0.4, -0.2) is 37.7 Å². The number of amides is 1. The number of rotatable bonds is 8. The zero-order chi connectivity index (χ0) is 22.8. The molecule has 2 heterocycles. The molecule has 0 spiro atoms. The molecule has 1 atom stereocenters. The Morgan fingerprint density at radius 1 is 1.16 bits per heavy atom. The molecule has 1 aliphatic heterocycles. The third-order valence-electron chi connectivity index (χ3n) is 5.71. The molecule has 0 radical (unpaired) electrons. The number of methoxy groups -OCH3 is 1. The fourth-order valence-electron chi connectivity index (χ4n) is 4.33. The van der Waals surface area contributed by atoms with Crippen molar-refractivity contribution in [2.24, 2.45) is 0 Å². The third kappa shape index (κ3) is 3.82. The molecule has 0 bridgehead atoms. The number of ether oxygens (including phenoxy) is 2. The minimum absolute atomic E-state index is 0.129. The van der Waals surface area contributed by atoms with Crippen molar-refractivity contribution in [1.29, 1.82) is 0 Å². The lowest BCUT2D eigenvalue weighted by atomic mass is 9.97. The molecule has 2 aromatic carbocycles. The second kappa shape index (κ2) is 9.01. The first-order valence-corrected chi connectivity index (χ1v) is 10.7. The van der Waals surface area contributed by atoms with E-state index in [4.69, 9.17) is 13.9 Å². The Labute approximate surface area is 187 Å². The molecule has 1 unspecified atom stereocenters. The molecule has 6 nitrogen and oxygen atoms in total. The predicted molar refractivity (Wildman–Crippen MR) is 123 cm³/mol. The number of nitrogens with zero attached hydrogens (tertiary/aromatic N) is 1. The maximum atomic E-state index is 13.6. The smallest absolute Gasteiger partial charge is 0.290 e. The lowest BCUT2D eigenvalue weighted by Crippen LogP contribution is -2.31. The van der Waals surface area contributed by atoms with Crippen molar-refractivity contribution in [3.05, 3.63) is 87.3 Å². The van der Waals surface area contributed by atoms with E-state index in [0.717, 1.165) is 16.7 Å². The number of hydrogen-bond acceptors (Lipinski definition) is 5. The van der Waals surface area contributed by atoms with Crippen molar-refractivity contribution in [3.8, 4) is 5.75 Å². The average Bonchev–Trinajstić information content (AvgIpc) is 3.06. The van der Waals surface area contributed by atoms with Crippen LogP contribution in [0.4, 0.5) is 0 Å². The molecular weight excluding hydrogens is 406 g/mol. The fourth-order valence-corrected chi connectivity index (χ4v) is 4.33. The van der Waals surface area contributed by atoms with E-state index < -0.39 is 6.04 Å². The molecule has 166 valence electrons. The maximum absolute atomic E-state index is 13.6. The zero-order valence-corrected chi connectivity index (χ0v) is 18.6. The first kappa shape index (κ1) is 21.8. The van der Waals surface area contributed by atoms with Gasteiger partial charge in [0.15, 0.2) is 5.43 Å². The first-order chi connectivity index (χ1) is 15.5. The SMILES string of the molecule is C=CCOc1ccc(C2c3c(oc4c(C)cc(C)cc4c3=O)C(=O)N2CCCOC)cc1. The van der Waals surface area contributed by atoms with Gasteiger partial charge in [0, 0.05) is 20.3 Å². The monoisotopic (exact) mass is 433 g/mol. The highest BCUT2D eigenvalue weighted by Crippen LogP contribution is 2.39. The number of carbonyl (C=O) groups is 1. The summed E-state index contributed by atoms with van der Waals surface area (Å²) in [5, 5.41) is 0.503. The lowest BCUT2D eigenvalue weighted by molar-refractivity contribution is 0.0708. The minimum atomic E-state index is -0.524. The molecule has 0 saturated heterocycles. The molecule has 6 heteroatoms. The van der Waals surface area contributed by atoms with E-state index in [0.29, 0.717) is 48.5 Å². The lowest BCUT2D eigenvalue weighted by Gasteiger charge is -2.25. The van der Waals surface area contributed by atoms with Crippen LogP contribution in [0.25, 0.3) is 11.0 Å². The van der Waals surface area contributed by atoms with Crippen LogP contribution in [0.1, 0.15) is 45.3 Å². The number of carbonyl (C=O) groups excluding carboxylic acids is 1. The Bertz CT molecular complexity index is 1230. The summed E-state index contributed by atoms with van der Waals surface area (Å²) < 4.78 is 16.8. The molecule has 1 amide bonds. The zero-order valence-electron chi connectivity index (χ0n) is 18.6. The van der Waals surface area contributed by atoms with Gasteiger partial charge in [-0.3, -0.25) is 9.59 Å². The van der Waals surface area contributed by atoms with Gasteiger partial charge >= 0.3 is 0 Å². The van der Waals surface area contributed by atoms with Gasteiger partial charge in [-0.1, -0.05) is 30.9 Å². The Morgan fingerprint density at radius 2 is 1.91 bits per heavy atom. The Hall–Kier alpha value is -3.38. The summed E-state index contributed by atoms with van der Waals surface area (Å²) in [6.45, 7) is 8.86. The Balaban J connectivity index is 1.86. The van der Waals surface area contributed by atoms with Gasteiger partial charge in [-0.2, -0.15) is 0 Å². The topological polar surface area (TPSA) is 69.0 Å². The summed E-state index contributed by atoms with van der Waals surface area (Å²) >= 11 is 0. The van der Waals surface area contributed by atoms with Gasteiger partial charge in [-0.05, 0) is 55.2 Å². The van der Waals surface area contributed by atoms with E-state index in [-0.39, 0.29) is 17.1 Å². The van der Waals surface area contributed by atoms with Crippen molar-refractivity contribution in [3.63, 3.8) is 0 Å². The summed E-state index contributed by atoms with van der Waals surface area (Å²) in [7, 11) is 1.63. The highest BCUT2D eigenvalue weighted by Gasteiger charge is 2.42. The molecule has 32 heavy (non-hydrogen) atoms. The highest BCUT2D eigenvalue weighted by molar-refractivity contribution is 5.99. The van der Waals surface area contributed by atoms with Crippen LogP contribution in [0.2, 0.25) is 0 Å². The van der Waals surface area contributed by atoms with Gasteiger partial charge in [0.2, 0.25) is 5.76 Å². The number of benzene rings is 2. The predicted octanol–water partition coefficient (Wildman–Crippen LogP) is 4.56. The second-order valence-corrected chi connectivity index (χ2v) is 8.05. The van der Waals surface area contributed by atoms with Gasteiger partial charge in [0.1, 0.15) is 17.9 Å². The van der Waals surface area contributed by atoms with Crippen LogP contribution in [0.3, 0.4) is 0 Å². The van der Waals surface area contributed by atoms with Crippen LogP contribution in [0, 0.1) is 13.8 Å². The van der Waals surface area contributed by atoms with Crippen molar-refractivity contribution in [2.45, 2.75) is 26.3 Å². The van der Waals surface area contributed by atoms with Gasteiger partial charge in [-0.15, -0.1) is 0 Å². The molecular formula is C26H27NO5. The van der Waals surface area contributed by atoms with E-state index >= 15 is 0 Å². The first-order valence-electron chi connectivity index (χ1n) is 10.7.